The van der Waals surface area contributed by atoms with E-state index in [4.69, 9.17) is 11.6 Å². The van der Waals surface area contributed by atoms with E-state index in [1.807, 2.05) is 42.5 Å². The molecular formula is C32H27ClF2N8O. The molecule has 44 heavy (non-hydrogen) atoms. The van der Waals surface area contributed by atoms with Crippen molar-refractivity contribution in [3.05, 3.63) is 112 Å². The van der Waals surface area contributed by atoms with Gasteiger partial charge in [-0.15, -0.1) is 0 Å². The van der Waals surface area contributed by atoms with Gasteiger partial charge in [0.15, 0.2) is 0 Å². The number of hydrogen-bond acceptors (Lipinski definition) is 7. The summed E-state index contributed by atoms with van der Waals surface area (Å²) in [6.07, 6.45) is 3.83. The molecule has 9 nitrogen and oxygen atoms in total. The van der Waals surface area contributed by atoms with Gasteiger partial charge in [0, 0.05) is 22.8 Å². The van der Waals surface area contributed by atoms with Gasteiger partial charge in [-0.25, -0.2) is 8.78 Å². The van der Waals surface area contributed by atoms with Crippen LogP contribution in [-0.2, 0) is 0 Å². The molecule has 2 atom stereocenters. The van der Waals surface area contributed by atoms with Gasteiger partial charge in [0.25, 0.3) is 11.8 Å². The monoisotopic (exact) mass is 612 g/mol. The van der Waals surface area contributed by atoms with E-state index >= 15 is 0 Å². The van der Waals surface area contributed by atoms with E-state index in [1.165, 1.54) is 6.20 Å². The molecule has 0 aliphatic carbocycles. The maximum Gasteiger partial charge on any atom is 0.282 e. The summed E-state index contributed by atoms with van der Waals surface area (Å²) >= 11 is 6.76. The third-order valence-electron chi connectivity index (χ3n) is 7.61. The van der Waals surface area contributed by atoms with E-state index in [0.29, 0.717) is 44.1 Å². The Balaban J connectivity index is 1.38. The molecule has 0 radical (unpaired) electrons. The first kappa shape index (κ1) is 29.0. The fourth-order valence-corrected chi connectivity index (χ4v) is 5.67. The first-order valence-corrected chi connectivity index (χ1v) is 14.4. The minimum absolute atomic E-state index is 0.0706. The molecule has 3 N–H and O–H groups in total. The number of carbonyl (C=O) groups is 1. The lowest BCUT2D eigenvalue weighted by molar-refractivity contribution is -0.113. The summed E-state index contributed by atoms with van der Waals surface area (Å²) in [7, 11) is 0. The first-order chi connectivity index (χ1) is 21.3. The number of benzene rings is 3. The van der Waals surface area contributed by atoms with Gasteiger partial charge in [-0.2, -0.15) is 20.7 Å². The highest BCUT2D eigenvalue weighted by atomic mass is 35.5. The number of nitriles is 1. The Morgan fingerprint density at radius 1 is 1.09 bits per heavy atom. The Labute approximate surface area is 256 Å². The molecule has 1 fully saturated rings. The van der Waals surface area contributed by atoms with Gasteiger partial charge in [0.05, 0.1) is 53.2 Å². The third kappa shape index (κ3) is 5.76. The standard InChI is InChI=1S/C32H27ClF2N8O/c1-2-26(19-7-4-3-5-8-19)40-28-22(14-36)15-37-30-24(28)12-23(13-25(30)33)39-29(27-16-38-42-41-27)20-9-6-10-21(11-20)31(44)43-17-32(34,35)18-43/h3-13,15-16,26,29,39H,2,17-18H2,1H3,(H,37,40)(H,38,41,42)/t26-,29+/m1/s1. The number of aromatic nitrogens is 4. The largest absolute Gasteiger partial charge is 0.377 e. The molecule has 2 aromatic heterocycles. The van der Waals surface area contributed by atoms with Crippen LogP contribution in [0.25, 0.3) is 10.9 Å². The van der Waals surface area contributed by atoms with Crippen molar-refractivity contribution in [2.24, 2.45) is 0 Å². The van der Waals surface area contributed by atoms with Crippen molar-refractivity contribution < 1.29 is 13.6 Å². The lowest BCUT2D eigenvalue weighted by Gasteiger charge is -2.38. The second-order valence-corrected chi connectivity index (χ2v) is 11.1. The fraction of sp³-hybridized carbons (Fsp3) is 0.219. The van der Waals surface area contributed by atoms with Crippen LogP contribution in [0.4, 0.5) is 20.2 Å². The van der Waals surface area contributed by atoms with Crippen molar-refractivity contribution in [2.75, 3.05) is 23.7 Å². The molecule has 6 rings (SSSR count). The lowest BCUT2D eigenvalue weighted by atomic mass is 9.99. The summed E-state index contributed by atoms with van der Waals surface area (Å²) in [5.41, 5.74) is 4.65. The molecule has 1 aliphatic rings. The predicted octanol–water partition coefficient (Wildman–Crippen LogP) is 6.73. The van der Waals surface area contributed by atoms with Crippen LogP contribution < -0.4 is 10.6 Å². The first-order valence-electron chi connectivity index (χ1n) is 14.0. The highest BCUT2D eigenvalue weighted by Crippen LogP contribution is 2.37. The Morgan fingerprint density at radius 3 is 2.55 bits per heavy atom. The number of nitrogens with zero attached hydrogens (tertiary/aromatic N) is 5. The summed E-state index contributed by atoms with van der Waals surface area (Å²) in [5.74, 6) is -3.33. The fourth-order valence-electron chi connectivity index (χ4n) is 5.40. The number of halogens is 3. The molecule has 1 aliphatic heterocycles. The van der Waals surface area contributed by atoms with Crippen LogP contribution in [0.3, 0.4) is 0 Å². The van der Waals surface area contributed by atoms with E-state index in [2.05, 4.69) is 44.0 Å². The van der Waals surface area contributed by atoms with Crippen LogP contribution in [0.1, 0.15) is 58.2 Å². The van der Waals surface area contributed by atoms with Crippen LogP contribution in [0, 0.1) is 11.3 Å². The summed E-state index contributed by atoms with van der Waals surface area (Å²) < 4.78 is 26.9. The average molecular weight is 613 g/mol. The zero-order chi connectivity index (χ0) is 30.8. The molecule has 0 unspecified atom stereocenters. The van der Waals surface area contributed by atoms with E-state index in [1.54, 1.807) is 30.5 Å². The molecule has 3 aromatic carbocycles. The van der Waals surface area contributed by atoms with Crippen LogP contribution in [0.15, 0.2) is 79.1 Å². The predicted molar refractivity (Wildman–Crippen MR) is 164 cm³/mol. The van der Waals surface area contributed by atoms with Gasteiger partial charge in [0.1, 0.15) is 11.8 Å². The molecule has 0 saturated carbocycles. The van der Waals surface area contributed by atoms with E-state index < -0.39 is 31.0 Å². The quantitative estimate of drug-likeness (QED) is 0.169. The smallest absolute Gasteiger partial charge is 0.282 e. The number of rotatable bonds is 9. The molecule has 1 saturated heterocycles. The van der Waals surface area contributed by atoms with Gasteiger partial charge in [0.2, 0.25) is 0 Å². The second kappa shape index (κ2) is 11.9. The van der Waals surface area contributed by atoms with Crippen LogP contribution in [0.2, 0.25) is 5.02 Å². The van der Waals surface area contributed by atoms with Crippen molar-refractivity contribution in [3.63, 3.8) is 0 Å². The minimum atomic E-state index is -2.86. The number of fused-ring (bicyclic) bond motifs is 1. The van der Waals surface area contributed by atoms with E-state index in [0.717, 1.165) is 16.9 Å². The number of H-pyrrole nitrogens is 1. The lowest BCUT2D eigenvalue weighted by Crippen LogP contribution is -2.58. The number of amides is 1. The summed E-state index contributed by atoms with van der Waals surface area (Å²) in [4.78, 5) is 18.5. The van der Waals surface area contributed by atoms with Crippen molar-refractivity contribution in [2.45, 2.75) is 31.4 Å². The maximum atomic E-state index is 13.4. The number of aromatic amines is 1. The van der Waals surface area contributed by atoms with Crippen LogP contribution in [-0.4, -0.2) is 50.2 Å². The normalized spacial score (nSPS) is 15.2. The Kier molecular flexibility index (Phi) is 7.84. The highest BCUT2D eigenvalue weighted by molar-refractivity contribution is 6.35. The third-order valence-corrected chi connectivity index (χ3v) is 7.90. The number of pyridine rings is 1. The molecule has 0 bridgehead atoms. The average Bonchev–Trinajstić information content (AvgIpc) is 3.56. The molecule has 5 aromatic rings. The molecule has 222 valence electrons. The minimum Gasteiger partial charge on any atom is -0.377 e. The summed E-state index contributed by atoms with van der Waals surface area (Å²) in [6.45, 7) is 0.860. The maximum absolute atomic E-state index is 13.4. The zero-order valence-corrected chi connectivity index (χ0v) is 24.3. The number of likely N-dealkylation sites (tertiary alicyclic amines) is 1. The molecule has 12 heteroatoms. The highest BCUT2D eigenvalue weighted by Gasteiger charge is 2.46. The van der Waals surface area contributed by atoms with Gasteiger partial charge < -0.3 is 15.5 Å². The summed E-state index contributed by atoms with van der Waals surface area (Å²) in [5, 5.41) is 28.8. The number of carbonyl (C=O) groups excluding carboxylic acids is 1. The van der Waals surface area contributed by atoms with Crippen molar-refractivity contribution in [1.82, 2.24) is 25.3 Å². The second-order valence-electron chi connectivity index (χ2n) is 10.6. The molecular weight excluding hydrogens is 586 g/mol. The number of hydrogen-bond donors (Lipinski definition) is 3. The van der Waals surface area contributed by atoms with Crippen LogP contribution >= 0.6 is 11.6 Å². The Bertz CT molecular complexity index is 1850. The van der Waals surface area contributed by atoms with Gasteiger partial charge in [-0.3, -0.25) is 9.78 Å². The SMILES string of the molecule is CC[C@@H](Nc1c(C#N)cnc2c(Cl)cc(N[C@@H](c3cccc(C(=O)N4CC(F)(F)C4)c3)c3cn[nH]n3)cc12)c1ccccc1. The van der Waals surface area contributed by atoms with Crippen molar-refractivity contribution in [1.29, 1.82) is 5.26 Å². The molecule has 1 amide bonds. The van der Waals surface area contributed by atoms with E-state index in [-0.39, 0.29) is 11.6 Å². The number of anilines is 2. The number of nitrogens with one attached hydrogen (secondary N) is 3. The van der Waals surface area contributed by atoms with Gasteiger partial charge in [-0.1, -0.05) is 61.0 Å². The number of alkyl halides is 2. The Morgan fingerprint density at radius 2 is 1.86 bits per heavy atom. The summed E-state index contributed by atoms with van der Waals surface area (Å²) in [6, 6.07) is 21.9. The molecule has 3 heterocycles. The van der Waals surface area contributed by atoms with Crippen molar-refractivity contribution >= 4 is 39.8 Å². The topological polar surface area (TPSA) is 123 Å². The van der Waals surface area contributed by atoms with E-state index in [9.17, 15) is 18.8 Å². The van der Waals surface area contributed by atoms with Gasteiger partial charge >= 0.3 is 0 Å². The van der Waals surface area contributed by atoms with Crippen molar-refractivity contribution in [3.8, 4) is 6.07 Å². The van der Waals surface area contributed by atoms with Gasteiger partial charge in [-0.05, 0) is 41.8 Å². The molecule has 0 spiro atoms. The zero-order valence-electron chi connectivity index (χ0n) is 23.6. The Hall–Kier alpha value is -5.08. The van der Waals surface area contributed by atoms with Crippen LogP contribution in [0.5, 0.6) is 0 Å².